The van der Waals surface area contributed by atoms with Gasteiger partial charge >= 0.3 is 7.82 Å². The quantitative estimate of drug-likeness (QED) is 0.623. The van der Waals surface area contributed by atoms with Gasteiger partial charge in [0.15, 0.2) is 11.2 Å². The van der Waals surface area contributed by atoms with Gasteiger partial charge in [-0.25, -0.2) is 14.5 Å². The summed E-state index contributed by atoms with van der Waals surface area (Å²) in [5.74, 6) is 0.424. The zero-order valence-corrected chi connectivity index (χ0v) is 16.3. The smallest absolute Gasteiger partial charge is 0.390 e. The fourth-order valence-corrected chi connectivity index (χ4v) is 3.90. The molecule has 1 aliphatic rings. The normalized spacial score (nSPS) is 25.8. The van der Waals surface area contributed by atoms with Gasteiger partial charge in [-0.2, -0.15) is 0 Å². The van der Waals surface area contributed by atoms with Gasteiger partial charge in [0, 0.05) is 6.42 Å². The van der Waals surface area contributed by atoms with Crippen LogP contribution in [0.5, 0.6) is 0 Å². The van der Waals surface area contributed by atoms with E-state index in [9.17, 15) is 19.4 Å². The molecule has 4 atom stereocenters. The number of H-pyrrole nitrogens is 1. The molecule has 12 heteroatoms. The summed E-state index contributed by atoms with van der Waals surface area (Å²) in [5.41, 5.74) is -0.736. The SMILES string of the molecule is Cc1nc2c(ncn2[C@H]2C[C@@H](O)[C@@H](COP(=O)(O)OC(C)(C)C)O2)c(=O)[nH]1. The lowest BCUT2D eigenvalue weighted by Gasteiger charge is -2.24. The molecule has 0 amide bonds. The molecule has 1 fully saturated rings. The van der Waals surface area contributed by atoms with Crippen LogP contribution in [0, 0.1) is 6.92 Å². The fourth-order valence-electron chi connectivity index (χ4n) is 2.82. The third-order valence-corrected chi connectivity index (χ3v) is 5.11. The molecule has 3 heterocycles. The molecule has 0 aromatic carbocycles. The molecular formula is C15H23N4O7P. The number of aliphatic hydroxyl groups excluding tert-OH is 1. The highest BCUT2D eigenvalue weighted by molar-refractivity contribution is 7.47. The molecule has 0 saturated carbocycles. The van der Waals surface area contributed by atoms with Crippen molar-refractivity contribution >= 4 is 19.0 Å². The molecule has 0 radical (unpaired) electrons. The van der Waals surface area contributed by atoms with Gasteiger partial charge in [-0.05, 0) is 27.7 Å². The standard InChI is InChI=1S/C15H23N4O7P/c1-8-17-13-12(14(21)18-8)16-7-19(13)11-5-9(20)10(25-11)6-24-27(22,23)26-15(2,3)4/h7,9-11,20H,5-6H2,1-4H3,(H,22,23)(H,17,18,21)/t9-,10-,11-/m1/s1. The Kier molecular flexibility index (Phi) is 5.28. The lowest BCUT2D eigenvalue weighted by molar-refractivity contribution is -0.0477. The van der Waals surface area contributed by atoms with Crippen LogP contribution in [-0.4, -0.2) is 53.9 Å². The summed E-state index contributed by atoms with van der Waals surface area (Å²) < 4.78 is 29.2. The first-order valence-electron chi connectivity index (χ1n) is 8.40. The third kappa shape index (κ3) is 4.63. The maximum absolute atomic E-state index is 12.0. The van der Waals surface area contributed by atoms with Gasteiger partial charge in [0.25, 0.3) is 5.56 Å². The second-order valence-electron chi connectivity index (χ2n) is 7.38. The van der Waals surface area contributed by atoms with E-state index in [1.54, 1.807) is 32.3 Å². The van der Waals surface area contributed by atoms with Crippen molar-refractivity contribution in [3.05, 3.63) is 22.5 Å². The molecule has 27 heavy (non-hydrogen) atoms. The molecule has 150 valence electrons. The van der Waals surface area contributed by atoms with E-state index in [0.717, 1.165) is 0 Å². The minimum absolute atomic E-state index is 0.164. The molecular weight excluding hydrogens is 379 g/mol. The summed E-state index contributed by atoms with van der Waals surface area (Å²) in [5, 5.41) is 10.2. The second kappa shape index (κ2) is 7.08. The Bertz CT molecular complexity index is 934. The lowest BCUT2D eigenvalue weighted by Crippen LogP contribution is -2.27. The van der Waals surface area contributed by atoms with Crippen LogP contribution in [-0.2, 0) is 18.3 Å². The highest BCUT2D eigenvalue weighted by Crippen LogP contribution is 2.47. The largest absolute Gasteiger partial charge is 0.472 e. The minimum atomic E-state index is -4.29. The van der Waals surface area contributed by atoms with Crippen LogP contribution < -0.4 is 5.56 Å². The van der Waals surface area contributed by atoms with E-state index in [-0.39, 0.29) is 24.1 Å². The van der Waals surface area contributed by atoms with Gasteiger partial charge in [-0.15, -0.1) is 0 Å². The molecule has 3 rings (SSSR count). The van der Waals surface area contributed by atoms with Crippen molar-refractivity contribution in [2.24, 2.45) is 0 Å². The highest BCUT2D eigenvalue weighted by Gasteiger charge is 2.38. The Morgan fingerprint density at radius 2 is 2.19 bits per heavy atom. The first kappa shape index (κ1) is 20.1. The maximum atomic E-state index is 12.0. The van der Waals surface area contributed by atoms with E-state index in [0.29, 0.717) is 11.5 Å². The Morgan fingerprint density at radius 3 is 2.85 bits per heavy atom. The molecule has 3 N–H and O–H groups in total. The van der Waals surface area contributed by atoms with E-state index in [2.05, 4.69) is 15.0 Å². The van der Waals surface area contributed by atoms with Crippen molar-refractivity contribution in [2.75, 3.05) is 6.61 Å². The first-order valence-corrected chi connectivity index (χ1v) is 9.90. The van der Waals surface area contributed by atoms with Gasteiger partial charge in [0.2, 0.25) is 0 Å². The average molecular weight is 402 g/mol. The molecule has 2 aromatic heterocycles. The fraction of sp³-hybridized carbons (Fsp3) is 0.667. The number of phosphoric ester groups is 1. The van der Waals surface area contributed by atoms with Gasteiger partial charge in [-0.3, -0.25) is 18.4 Å². The van der Waals surface area contributed by atoms with Crippen molar-refractivity contribution in [1.29, 1.82) is 0 Å². The van der Waals surface area contributed by atoms with Crippen LogP contribution in [0.3, 0.4) is 0 Å². The van der Waals surface area contributed by atoms with Crippen molar-refractivity contribution in [3.63, 3.8) is 0 Å². The summed E-state index contributed by atoms with van der Waals surface area (Å²) in [6, 6.07) is 0. The molecule has 1 unspecified atom stereocenters. The van der Waals surface area contributed by atoms with E-state index in [4.69, 9.17) is 13.8 Å². The Morgan fingerprint density at radius 1 is 1.48 bits per heavy atom. The number of hydrogen-bond donors (Lipinski definition) is 3. The summed E-state index contributed by atoms with van der Waals surface area (Å²) in [7, 11) is -4.29. The van der Waals surface area contributed by atoms with Crippen LogP contribution >= 0.6 is 7.82 Å². The number of nitrogens with zero attached hydrogens (tertiary/aromatic N) is 3. The molecule has 0 aliphatic carbocycles. The lowest BCUT2D eigenvalue weighted by atomic mass is 10.2. The van der Waals surface area contributed by atoms with Crippen LogP contribution in [0.1, 0.15) is 39.2 Å². The van der Waals surface area contributed by atoms with Crippen molar-refractivity contribution in [1.82, 2.24) is 19.5 Å². The van der Waals surface area contributed by atoms with E-state index in [1.165, 1.54) is 6.33 Å². The third-order valence-electron chi connectivity index (χ3n) is 3.86. The van der Waals surface area contributed by atoms with Crippen LogP contribution in [0.2, 0.25) is 0 Å². The van der Waals surface area contributed by atoms with Crippen LogP contribution in [0.25, 0.3) is 11.2 Å². The van der Waals surface area contributed by atoms with Crippen molar-refractivity contribution < 1.29 is 28.3 Å². The van der Waals surface area contributed by atoms with Crippen molar-refractivity contribution in [3.8, 4) is 0 Å². The minimum Gasteiger partial charge on any atom is -0.390 e. The van der Waals surface area contributed by atoms with Gasteiger partial charge in [0.1, 0.15) is 18.2 Å². The number of phosphoric acid groups is 1. The Balaban J connectivity index is 1.72. The van der Waals surface area contributed by atoms with E-state index in [1.807, 2.05) is 0 Å². The molecule has 0 spiro atoms. The highest BCUT2D eigenvalue weighted by atomic mass is 31.2. The number of fused-ring (bicyclic) bond motifs is 1. The van der Waals surface area contributed by atoms with Crippen LogP contribution in [0.15, 0.2) is 11.1 Å². The van der Waals surface area contributed by atoms with Gasteiger partial charge < -0.3 is 19.7 Å². The Hall–Kier alpha value is -1.62. The van der Waals surface area contributed by atoms with E-state index < -0.39 is 31.9 Å². The number of ether oxygens (including phenoxy) is 1. The summed E-state index contributed by atoms with van der Waals surface area (Å²) in [6.45, 7) is 6.18. The molecule has 11 nitrogen and oxygen atoms in total. The first-order chi connectivity index (χ1) is 12.5. The van der Waals surface area contributed by atoms with E-state index >= 15 is 0 Å². The topological polar surface area (TPSA) is 149 Å². The maximum Gasteiger partial charge on any atom is 0.472 e. The van der Waals surface area contributed by atoms with Crippen molar-refractivity contribution in [2.45, 2.75) is 58.2 Å². The number of aryl methyl sites for hydroxylation is 1. The monoisotopic (exact) mass is 402 g/mol. The second-order valence-corrected chi connectivity index (χ2v) is 8.75. The zero-order valence-electron chi connectivity index (χ0n) is 15.4. The molecule has 1 aliphatic heterocycles. The molecule has 1 saturated heterocycles. The average Bonchev–Trinajstić information content (AvgIpc) is 3.06. The Labute approximate surface area is 154 Å². The number of rotatable bonds is 5. The zero-order chi connectivity index (χ0) is 20.0. The number of nitrogens with one attached hydrogen (secondary N) is 1. The van der Waals surface area contributed by atoms with Gasteiger partial charge in [-0.1, -0.05) is 0 Å². The predicted octanol–water partition coefficient (Wildman–Crippen LogP) is 1.01. The number of aromatic nitrogens is 4. The molecule has 0 bridgehead atoms. The molecule has 2 aromatic rings. The number of hydrogen-bond acceptors (Lipinski definition) is 8. The van der Waals surface area contributed by atoms with Crippen LogP contribution in [0.4, 0.5) is 0 Å². The summed E-state index contributed by atoms with van der Waals surface area (Å²) >= 11 is 0. The summed E-state index contributed by atoms with van der Waals surface area (Å²) in [4.78, 5) is 32.6. The predicted molar refractivity (Wildman–Crippen MR) is 94.0 cm³/mol. The number of imidazole rings is 1. The summed E-state index contributed by atoms with van der Waals surface area (Å²) in [6.07, 6.45) is -0.839. The number of aliphatic hydroxyl groups is 1. The van der Waals surface area contributed by atoms with Gasteiger partial charge in [0.05, 0.1) is 24.6 Å². The number of aromatic amines is 1.